The molecule has 1 heterocycles. The van der Waals surface area contributed by atoms with Gasteiger partial charge in [-0.05, 0) is 56.3 Å². The Labute approximate surface area is 168 Å². The average molecular weight is 437 g/mol. The quantitative estimate of drug-likeness (QED) is 0.734. The molecule has 0 saturated heterocycles. The monoisotopic (exact) mass is 437 g/mol. The van der Waals surface area contributed by atoms with Crippen molar-refractivity contribution in [1.82, 2.24) is 4.31 Å². The van der Waals surface area contributed by atoms with Crippen LogP contribution in [-0.4, -0.2) is 45.3 Å². The van der Waals surface area contributed by atoms with Crippen LogP contribution in [0.15, 0.2) is 47.4 Å². The largest absolute Gasteiger partial charge is 0.322 e. The van der Waals surface area contributed by atoms with Crippen LogP contribution < -0.4 is 10.0 Å². The molecule has 2 aromatic carbocycles. The molecule has 9 nitrogen and oxygen atoms in total. The van der Waals surface area contributed by atoms with E-state index in [9.17, 15) is 26.4 Å². The van der Waals surface area contributed by atoms with Crippen molar-refractivity contribution in [2.45, 2.75) is 24.8 Å². The fraction of sp³-hybridized carbons (Fsp3) is 0.222. The molecule has 0 fully saturated rings. The number of carbonyl (C=O) groups excluding carboxylic acids is 2. The topological polar surface area (TPSA) is 130 Å². The van der Waals surface area contributed by atoms with E-state index in [2.05, 4.69) is 10.0 Å². The van der Waals surface area contributed by atoms with E-state index in [4.69, 9.17) is 0 Å². The van der Waals surface area contributed by atoms with Gasteiger partial charge in [0.1, 0.15) is 4.90 Å². The molecule has 2 amide bonds. The number of nitrogens with one attached hydrogen (secondary N) is 2. The van der Waals surface area contributed by atoms with Gasteiger partial charge in [0.05, 0.1) is 11.8 Å². The number of fused-ring (bicyclic) bond motifs is 1. The third-order valence-corrected chi connectivity index (χ3v) is 6.73. The molecule has 0 radical (unpaired) electrons. The summed E-state index contributed by atoms with van der Waals surface area (Å²) in [5, 5.41) is 2.60. The Hall–Kier alpha value is -2.92. The molecule has 2 aromatic rings. The number of benzene rings is 2. The molecule has 29 heavy (non-hydrogen) atoms. The molecular weight excluding hydrogens is 418 g/mol. The van der Waals surface area contributed by atoms with Crippen LogP contribution in [0.1, 0.15) is 34.6 Å². The fourth-order valence-corrected chi connectivity index (χ4v) is 5.30. The highest BCUT2D eigenvalue weighted by molar-refractivity contribution is 7.92. The first-order valence-electron chi connectivity index (χ1n) is 8.52. The van der Waals surface area contributed by atoms with Crippen LogP contribution in [0.3, 0.4) is 0 Å². The summed E-state index contributed by atoms with van der Waals surface area (Å²) in [6, 6.07) is 9.29. The van der Waals surface area contributed by atoms with Crippen LogP contribution in [0.2, 0.25) is 0 Å². The number of rotatable bonds is 5. The van der Waals surface area contributed by atoms with E-state index in [1.54, 1.807) is 13.8 Å². The van der Waals surface area contributed by atoms with Crippen molar-refractivity contribution in [2.24, 2.45) is 0 Å². The molecule has 1 aliphatic rings. The second-order valence-corrected chi connectivity index (χ2v) is 10.3. The molecule has 11 heteroatoms. The lowest BCUT2D eigenvalue weighted by molar-refractivity contribution is 0.0846. The van der Waals surface area contributed by atoms with Gasteiger partial charge in [0.25, 0.3) is 21.8 Å². The third kappa shape index (κ3) is 4.10. The first-order valence-corrected chi connectivity index (χ1v) is 11.9. The molecule has 154 valence electrons. The molecule has 0 spiro atoms. The lowest BCUT2D eigenvalue weighted by Crippen LogP contribution is -2.36. The van der Waals surface area contributed by atoms with Gasteiger partial charge in [0.15, 0.2) is 0 Å². The Balaban J connectivity index is 1.84. The van der Waals surface area contributed by atoms with Crippen molar-refractivity contribution in [3.05, 3.63) is 53.6 Å². The molecule has 0 bridgehead atoms. The highest BCUT2D eigenvalue weighted by Gasteiger charge is 2.42. The number of sulfonamides is 2. The van der Waals surface area contributed by atoms with E-state index in [1.807, 2.05) is 0 Å². The van der Waals surface area contributed by atoms with Gasteiger partial charge in [-0.3, -0.25) is 14.3 Å². The molecule has 0 unspecified atom stereocenters. The van der Waals surface area contributed by atoms with Crippen molar-refractivity contribution in [1.29, 1.82) is 0 Å². The number of hydrogen-bond acceptors (Lipinski definition) is 6. The summed E-state index contributed by atoms with van der Waals surface area (Å²) in [5.41, 5.74) is 0.828. The average Bonchev–Trinajstić information content (AvgIpc) is 2.81. The molecule has 3 rings (SSSR count). The standard InChI is InChI=1S/C18H19N3O6S2/c1-11(2)21-18(23)15-9-4-12(10-16(15)29(21,26)27)17(22)19-13-5-7-14(8-6-13)20-28(3,24)25/h4-11,20H,1-3H3,(H,19,22). The van der Waals surface area contributed by atoms with Gasteiger partial charge < -0.3 is 5.32 Å². The first-order chi connectivity index (χ1) is 13.4. The van der Waals surface area contributed by atoms with E-state index in [-0.39, 0.29) is 16.0 Å². The summed E-state index contributed by atoms with van der Waals surface area (Å²) < 4.78 is 50.8. The molecule has 0 aromatic heterocycles. The third-order valence-electron chi connectivity index (χ3n) is 4.13. The van der Waals surface area contributed by atoms with Crippen LogP contribution in [0.4, 0.5) is 11.4 Å². The summed E-state index contributed by atoms with van der Waals surface area (Å²) >= 11 is 0. The first kappa shape index (κ1) is 20.8. The molecular formula is C18H19N3O6S2. The van der Waals surface area contributed by atoms with Crippen molar-refractivity contribution in [3.8, 4) is 0 Å². The molecule has 0 saturated carbocycles. The van der Waals surface area contributed by atoms with Gasteiger partial charge in [-0.2, -0.15) is 0 Å². The Morgan fingerprint density at radius 2 is 1.62 bits per heavy atom. The lowest BCUT2D eigenvalue weighted by Gasteiger charge is -2.18. The van der Waals surface area contributed by atoms with Crippen LogP contribution >= 0.6 is 0 Å². The van der Waals surface area contributed by atoms with Crippen molar-refractivity contribution in [2.75, 3.05) is 16.3 Å². The maximum Gasteiger partial charge on any atom is 0.269 e. The molecule has 0 aliphatic carbocycles. The number of carbonyl (C=O) groups is 2. The molecule has 2 N–H and O–H groups in total. The zero-order chi connectivity index (χ0) is 21.6. The minimum absolute atomic E-state index is 0.0338. The van der Waals surface area contributed by atoms with E-state index in [0.29, 0.717) is 11.4 Å². The van der Waals surface area contributed by atoms with Gasteiger partial charge in [-0.15, -0.1) is 0 Å². The predicted octanol–water partition coefficient (Wildman–Crippen LogP) is 1.86. The minimum atomic E-state index is -4.01. The molecule has 0 atom stereocenters. The number of nitrogens with zero attached hydrogens (tertiary/aromatic N) is 1. The number of hydrogen-bond donors (Lipinski definition) is 2. The zero-order valence-corrected chi connectivity index (χ0v) is 17.5. The minimum Gasteiger partial charge on any atom is -0.322 e. The second kappa shape index (κ2) is 7.16. The van der Waals surface area contributed by atoms with Gasteiger partial charge >= 0.3 is 0 Å². The summed E-state index contributed by atoms with van der Waals surface area (Å²) in [5.74, 6) is -1.18. The van der Waals surface area contributed by atoms with Crippen molar-refractivity contribution in [3.63, 3.8) is 0 Å². The Morgan fingerprint density at radius 3 is 2.17 bits per heavy atom. The maximum atomic E-state index is 12.6. The Kier molecular flexibility index (Phi) is 5.13. The van der Waals surface area contributed by atoms with Crippen molar-refractivity contribution >= 4 is 43.2 Å². The summed E-state index contributed by atoms with van der Waals surface area (Å²) in [6.45, 7) is 3.19. The second-order valence-electron chi connectivity index (χ2n) is 6.82. The zero-order valence-electron chi connectivity index (χ0n) is 15.8. The highest BCUT2D eigenvalue weighted by atomic mass is 32.2. The Morgan fingerprint density at radius 1 is 1.03 bits per heavy atom. The van der Waals surface area contributed by atoms with Crippen molar-refractivity contribution < 1.29 is 26.4 Å². The fourth-order valence-electron chi connectivity index (χ4n) is 2.94. The smallest absolute Gasteiger partial charge is 0.269 e. The molecule has 1 aliphatic heterocycles. The summed E-state index contributed by atoms with van der Waals surface area (Å²) in [4.78, 5) is 24.7. The van der Waals surface area contributed by atoms with Gasteiger partial charge in [0.2, 0.25) is 10.0 Å². The SMILES string of the molecule is CC(C)N1C(=O)c2ccc(C(=O)Nc3ccc(NS(C)(=O)=O)cc3)cc2S1(=O)=O. The van der Waals surface area contributed by atoms with E-state index in [0.717, 1.165) is 10.6 Å². The van der Waals surface area contributed by atoms with Crippen LogP contribution in [0, 0.1) is 0 Å². The number of amides is 2. The maximum absolute atomic E-state index is 12.6. The van der Waals surface area contributed by atoms with E-state index in [1.165, 1.54) is 42.5 Å². The van der Waals surface area contributed by atoms with E-state index >= 15 is 0 Å². The van der Waals surface area contributed by atoms with Crippen LogP contribution in [0.25, 0.3) is 0 Å². The summed E-state index contributed by atoms with van der Waals surface area (Å²) in [6.07, 6.45) is 1.02. The van der Waals surface area contributed by atoms with Gasteiger partial charge in [-0.25, -0.2) is 21.1 Å². The number of anilines is 2. The normalized spacial score (nSPS) is 15.3. The van der Waals surface area contributed by atoms with Crippen LogP contribution in [-0.2, 0) is 20.0 Å². The summed E-state index contributed by atoms with van der Waals surface area (Å²) in [7, 11) is -7.42. The highest BCUT2D eigenvalue weighted by Crippen LogP contribution is 2.32. The van der Waals surface area contributed by atoms with E-state index < -0.39 is 37.9 Å². The van der Waals surface area contributed by atoms with Gasteiger partial charge in [-0.1, -0.05) is 0 Å². The van der Waals surface area contributed by atoms with Gasteiger partial charge in [0, 0.05) is 23.0 Å². The predicted molar refractivity (Wildman–Crippen MR) is 108 cm³/mol. The Bertz CT molecular complexity index is 1200. The van der Waals surface area contributed by atoms with Crippen LogP contribution in [0.5, 0.6) is 0 Å². The lowest BCUT2D eigenvalue weighted by atomic mass is 10.1.